The van der Waals surface area contributed by atoms with Crippen molar-refractivity contribution < 1.29 is 23.4 Å². The molecule has 0 fully saturated rings. The van der Waals surface area contributed by atoms with Gasteiger partial charge in [-0.05, 0) is 17.9 Å². The third kappa shape index (κ3) is 9.33. The zero-order valence-corrected chi connectivity index (χ0v) is 14.5. The summed E-state index contributed by atoms with van der Waals surface area (Å²) < 4.78 is 20.8. The first-order chi connectivity index (χ1) is 10.5. The molecule has 0 spiro atoms. The van der Waals surface area contributed by atoms with Crippen molar-refractivity contribution in [2.45, 2.75) is 51.9 Å². The Labute approximate surface area is 135 Å². The molecule has 0 aliphatic carbocycles. The van der Waals surface area contributed by atoms with Crippen LogP contribution in [-0.2, 0) is 24.9 Å². The Hall–Kier alpha value is -0.720. The second-order valence-electron chi connectivity index (χ2n) is 4.91. The summed E-state index contributed by atoms with van der Waals surface area (Å²) in [4.78, 5) is 21.9. The van der Waals surface area contributed by atoms with Gasteiger partial charge in [-0.1, -0.05) is 38.7 Å². The molecule has 0 saturated heterocycles. The Morgan fingerprint density at radius 3 is 2.82 bits per heavy atom. The lowest BCUT2D eigenvalue weighted by Crippen LogP contribution is -2.22. The molecule has 0 aliphatic rings. The van der Waals surface area contributed by atoms with Crippen molar-refractivity contribution in [3.63, 3.8) is 0 Å². The molecule has 0 aliphatic heterocycles. The highest BCUT2D eigenvalue weighted by molar-refractivity contribution is 7.47. The van der Waals surface area contributed by atoms with E-state index in [2.05, 4.69) is 11.5 Å². The molecule has 8 heteroatoms. The zero-order chi connectivity index (χ0) is 16.3. The second-order valence-corrected chi connectivity index (χ2v) is 7.32. The molecule has 1 aromatic heterocycles. The molecule has 0 bridgehead atoms. The highest BCUT2D eigenvalue weighted by atomic mass is 32.1. The number of phosphoric ester groups is 1. The number of hydrogen-bond acceptors (Lipinski definition) is 5. The van der Waals surface area contributed by atoms with Gasteiger partial charge in [-0.3, -0.25) is 9.32 Å². The Bertz CT molecular complexity index is 466. The number of unbranched alkanes of at least 4 members (excludes halogenated alkanes) is 4. The van der Waals surface area contributed by atoms with Crippen molar-refractivity contribution in [3.05, 3.63) is 22.4 Å². The normalized spacial score (nSPS) is 13.7. The van der Waals surface area contributed by atoms with Crippen LogP contribution in [0.15, 0.2) is 17.5 Å². The predicted molar refractivity (Wildman–Crippen MR) is 86.4 cm³/mol. The summed E-state index contributed by atoms with van der Waals surface area (Å²) in [5.74, 6) is -0.410. The molecular formula is C14H24NO5PS. The number of rotatable bonds is 12. The van der Waals surface area contributed by atoms with Gasteiger partial charge in [-0.25, -0.2) is 10.0 Å². The van der Waals surface area contributed by atoms with Crippen molar-refractivity contribution in [1.29, 1.82) is 0 Å². The van der Waals surface area contributed by atoms with E-state index < -0.39 is 13.7 Å². The smallest absolute Gasteiger partial charge is 0.301 e. The summed E-state index contributed by atoms with van der Waals surface area (Å²) >= 11 is 1.54. The summed E-state index contributed by atoms with van der Waals surface area (Å²) in [5, 5.41) is 1.92. The Kier molecular flexibility index (Phi) is 9.59. The van der Waals surface area contributed by atoms with E-state index in [9.17, 15) is 14.3 Å². The van der Waals surface area contributed by atoms with E-state index in [-0.39, 0.29) is 13.0 Å². The van der Waals surface area contributed by atoms with Gasteiger partial charge in [0, 0.05) is 17.7 Å². The molecule has 1 amide bonds. The summed E-state index contributed by atoms with van der Waals surface area (Å²) in [6.45, 7) is 2.18. The van der Waals surface area contributed by atoms with Crippen LogP contribution in [0.25, 0.3) is 0 Å². The second kappa shape index (κ2) is 10.9. The van der Waals surface area contributed by atoms with E-state index in [1.165, 1.54) is 0 Å². The predicted octanol–water partition coefficient (Wildman–Crippen LogP) is 3.82. The first-order valence-electron chi connectivity index (χ1n) is 7.50. The molecule has 0 aromatic carbocycles. The van der Waals surface area contributed by atoms with E-state index in [4.69, 9.17) is 4.52 Å². The summed E-state index contributed by atoms with van der Waals surface area (Å²) in [6, 6.07) is 3.81. The number of hydroxylamine groups is 1. The first-order valence-corrected chi connectivity index (χ1v) is 9.88. The van der Waals surface area contributed by atoms with Crippen LogP contribution < -0.4 is 5.48 Å². The number of hydrogen-bond donors (Lipinski definition) is 2. The van der Waals surface area contributed by atoms with Crippen LogP contribution in [-0.4, -0.2) is 17.4 Å². The third-order valence-corrected chi connectivity index (χ3v) is 4.73. The molecule has 126 valence electrons. The van der Waals surface area contributed by atoms with Crippen LogP contribution in [0.4, 0.5) is 0 Å². The van der Waals surface area contributed by atoms with Gasteiger partial charge in [0.25, 0.3) is 0 Å². The van der Waals surface area contributed by atoms with Gasteiger partial charge in [-0.2, -0.15) is 4.62 Å². The molecule has 2 N–H and O–H groups in total. The van der Waals surface area contributed by atoms with E-state index in [1.54, 1.807) is 11.3 Å². The fraction of sp³-hybridized carbons (Fsp3) is 0.643. The van der Waals surface area contributed by atoms with Crippen molar-refractivity contribution in [3.8, 4) is 0 Å². The van der Waals surface area contributed by atoms with Gasteiger partial charge in [0.15, 0.2) is 0 Å². The average Bonchev–Trinajstić information content (AvgIpc) is 2.98. The molecule has 0 saturated carbocycles. The first kappa shape index (κ1) is 19.3. The molecule has 1 heterocycles. The Balaban J connectivity index is 2.10. The lowest BCUT2D eigenvalue weighted by molar-refractivity contribution is -0.128. The topological polar surface area (TPSA) is 84.9 Å². The van der Waals surface area contributed by atoms with Crippen LogP contribution in [0.1, 0.15) is 50.3 Å². The molecular weight excluding hydrogens is 325 g/mol. The van der Waals surface area contributed by atoms with E-state index in [0.717, 1.165) is 37.0 Å². The number of thiophene rings is 1. The average molecular weight is 349 g/mol. The molecule has 0 radical (unpaired) electrons. The molecule has 1 unspecified atom stereocenters. The maximum absolute atomic E-state index is 11.6. The minimum atomic E-state index is -4.24. The zero-order valence-electron chi connectivity index (χ0n) is 12.8. The number of carbonyl (C=O) groups is 1. The van der Waals surface area contributed by atoms with E-state index >= 15 is 0 Å². The van der Waals surface area contributed by atoms with Gasteiger partial charge in [0.2, 0.25) is 5.91 Å². The van der Waals surface area contributed by atoms with Gasteiger partial charge < -0.3 is 4.89 Å². The van der Waals surface area contributed by atoms with E-state index in [0.29, 0.717) is 6.42 Å². The summed E-state index contributed by atoms with van der Waals surface area (Å²) in [6.07, 6.45) is 5.90. The quantitative estimate of drug-likeness (QED) is 0.340. The Morgan fingerprint density at radius 1 is 1.36 bits per heavy atom. The molecule has 1 aromatic rings. The van der Waals surface area contributed by atoms with Gasteiger partial charge in [-0.15, -0.1) is 11.3 Å². The van der Waals surface area contributed by atoms with Crippen LogP contribution in [0.5, 0.6) is 0 Å². The summed E-state index contributed by atoms with van der Waals surface area (Å²) in [7, 11) is -4.24. The van der Waals surface area contributed by atoms with Crippen LogP contribution in [0.2, 0.25) is 0 Å². The lowest BCUT2D eigenvalue weighted by atomic mass is 10.1. The van der Waals surface area contributed by atoms with Crippen LogP contribution in [0, 0.1) is 0 Å². The van der Waals surface area contributed by atoms with Gasteiger partial charge >= 0.3 is 7.82 Å². The Morgan fingerprint density at radius 2 is 2.14 bits per heavy atom. The fourth-order valence-corrected chi connectivity index (χ4v) is 3.07. The van der Waals surface area contributed by atoms with Crippen LogP contribution >= 0.6 is 19.2 Å². The summed E-state index contributed by atoms with van der Waals surface area (Å²) in [5.41, 5.74) is 1.98. The molecule has 1 rings (SSSR count). The van der Waals surface area contributed by atoms with Crippen molar-refractivity contribution in [2.75, 3.05) is 6.61 Å². The standard InChI is InChI=1S/C14H24NO5PS/c1-2-3-4-5-6-9-14(16)15-20-21(17,18)19-11-10-13-8-7-12-22-13/h7-8,12H,2-6,9-11H2,1H3,(H,15,16)(H,17,18). The highest BCUT2D eigenvalue weighted by Gasteiger charge is 2.22. The van der Waals surface area contributed by atoms with Crippen molar-refractivity contribution >= 4 is 25.1 Å². The van der Waals surface area contributed by atoms with Crippen molar-refractivity contribution in [2.24, 2.45) is 0 Å². The number of phosphoric acid groups is 1. The number of nitrogens with one attached hydrogen (secondary N) is 1. The van der Waals surface area contributed by atoms with Gasteiger partial charge in [0.1, 0.15) is 0 Å². The maximum Gasteiger partial charge on any atom is 0.493 e. The SMILES string of the molecule is CCCCCCCC(=O)NOP(=O)(O)OCCc1cccs1. The van der Waals surface area contributed by atoms with Gasteiger partial charge in [0.05, 0.1) is 6.61 Å². The third-order valence-electron chi connectivity index (χ3n) is 2.97. The highest BCUT2D eigenvalue weighted by Crippen LogP contribution is 2.41. The maximum atomic E-state index is 11.6. The lowest BCUT2D eigenvalue weighted by Gasteiger charge is -2.11. The molecule has 6 nitrogen and oxygen atoms in total. The number of amides is 1. The minimum Gasteiger partial charge on any atom is -0.301 e. The monoisotopic (exact) mass is 349 g/mol. The molecule has 1 atom stereocenters. The fourth-order valence-electron chi connectivity index (χ4n) is 1.79. The van der Waals surface area contributed by atoms with Crippen LogP contribution in [0.3, 0.4) is 0 Å². The van der Waals surface area contributed by atoms with Crippen molar-refractivity contribution in [1.82, 2.24) is 5.48 Å². The largest absolute Gasteiger partial charge is 0.493 e. The minimum absolute atomic E-state index is 0.0567. The number of carbonyl (C=O) groups excluding carboxylic acids is 1. The molecule has 22 heavy (non-hydrogen) atoms. The van der Waals surface area contributed by atoms with E-state index in [1.807, 2.05) is 23.0 Å².